The highest BCUT2D eigenvalue weighted by Crippen LogP contribution is 2.43. The van der Waals surface area contributed by atoms with E-state index in [-0.39, 0.29) is 4.90 Å². The third kappa shape index (κ3) is 3.62. The molecule has 5 rings (SSSR count). The summed E-state index contributed by atoms with van der Waals surface area (Å²) in [5.74, 6) is 1.43. The summed E-state index contributed by atoms with van der Waals surface area (Å²) < 4.78 is 40.2. The number of para-hydroxylation sites is 1. The first-order chi connectivity index (χ1) is 16.5. The number of aromatic nitrogens is 1. The molecule has 6 heteroatoms. The third-order valence-corrected chi connectivity index (χ3v) is 7.58. The van der Waals surface area contributed by atoms with E-state index in [4.69, 9.17) is 9.47 Å². The van der Waals surface area contributed by atoms with Gasteiger partial charge in [-0.25, -0.2) is 12.4 Å². The molecular formula is C28H23NO4S. The van der Waals surface area contributed by atoms with Gasteiger partial charge < -0.3 is 9.47 Å². The Morgan fingerprint density at radius 3 is 1.74 bits per heavy atom. The minimum atomic E-state index is -3.90. The fourth-order valence-corrected chi connectivity index (χ4v) is 5.79. The fourth-order valence-electron chi connectivity index (χ4n) is 4.22. The van der Waals surface area contributed by atoms with Crippen molar-refractivity contribution in [2.45, 2.75) is 4.90 Å². The summed E-state index contributed by atoms with van der Waals surface area (Å²) in [5, 5.41) is 0.845. The highest BCUT2D eigenvalue weighted by atomic mass is 32.2. The molecule has 5 nitrogen and oxygen atoms in total. The Bertz CT molecular complexity index is 1550. The van der Waals surface area contributed by atoms with Crippen LogP contribution in [0.25, 0.3) is 33.3 Å². The van der Waals surface area contributed by atoms with Crippen molar-refractivity contribution in [2.24, 2.45) is 0 Å². The van der Waals surface area contributed by atoms with Gasteiger partial charge in [-0.2, -0.15) is 0 Å². The van der Waals surface area contributed by atoms with Gasteiger partial charge in [0.2, 0.25) is 0 Å². The van der Waals surface area contributed by atoms with E-state index in [1.54, 1.807) is 44.6 Å². The van der Waals surface area contributed by atoms with E-state index >= 15 is 0 Å². The van der Waals surface area contributed by atoms with E-state index in [1.165, 1.54) is 3.97 Å². The van der Waals surface area contributed by atoms with Gasteiger partial charge >= 0.3 is 0 Å². The Kier molecular flexibility index (Phi) is 5.59. The van der Waals surface area contributed by atoms with Crippen LogP contribution >= 0.6 is 0 Å². The number of hydrogen-bond acceptors (Lipinski definition) is 4. The first-order valence-electron chi connectivity index (χ1n) is 10.8. The first kappa shape index (κ1) is 21.8. The van der Waals surface area contributed by atoms with E-state index in [1.807, 2.05) is 72.8 Å². The van der Waals surface area contributed by atoms with Gasteiger partial charge in [-0.15, -0.1) is 0 Å². The molecular weight excluding hydrogens is 446 g/mol. The summed E-state index contributed by atoms with van der Waals surface area (Å²) in [4.78, 5) is 0.229. The van der Waals surface area contributed by atoms with Gasteiger partial charge in [-0.3, -0.25) is 0 Å². The Morgan fingerprint density at radius 1 is 0.618 bits per heavy atom. The maximum Gasteiger partial charge on any atom is 0.268 e. The topological polar surface area (TPSA) is 57.5 Å². The van der Waals surface area contributed by atoms with Crippen molar-refractivity contribution in [1.82, 2.24) is 3.97 Å². The summed E-state index contributed by atoms with van der Waals surface area (Å²) in [6, 6.07) is 31.2. The van der Waals surface area contributed by atoms with Crippen molar-refractivity contribution in [3.05, 3.63) is 103 Å². The normalized spacial score (nSPS) is 11.5. The second kappa shape index (κ2) is 8.72. The van der Waals surface area contributed by atoms with Gasteiger partial charge in [0, 0.05) is 16.5 Å². The molecule has 170 valence electrons. The predicted molar refractivity (Wildman–Crippen MR) is 135 cm³/mol. The molecule has 0 atom stereocenters. The number of benzene rings is 4. The molecule has 0 saturated heterocycles. The molecule has 34 heavy (non-hydrogen) atoms. The van der Waals surface area contributed by atoms with Gasteiger partial charge in [-0.1, -0.05) is 48.5 Å². The maximum absolute atomic E-state index is 14.0. The monoisotopic (exact) mass is 469 g/mol. The highest BCUT2D eigenvalue weighted by molar-refractivity contribution is 7.90. The number of nitrogens with zero attached hydrogens (tertiary/aromatic N) is 1. The molecule has 4 aromatic carbocycles. The zero-order valence-electron chi connectivity index (χ0n) is 18.8. The Balaban J connectivity index is 1.90. The quantitative estimate of drug-likeness (QED) is 0.296. The molecule has 0 aliphatic carbocycles. The van der Waals surface area contributed by atoms with Crippen molar-refractivity contribution >= 4 is 20.9 Å². The van der Waals surface area contributed by atoms with Crippen molar-refractivity contribution in [2.75, 3.05) is 14.2 Å². The SMILES string of the molecule is COc1ccc(-c2c(-c3ccc(OC)cc3)n(S(=O)(=O)c3ccccc3)c3ccccc23)cc1. The van der Waals surface area contributed by atoms with E-state index in [0.29, 0.717) is 17.0 Å². The summed E-state index contributed by atoms with van der Waals surface area (Å²) in [6.07, 6.45) is 0. The zero-order chi connectivity index (χ0) is 23.7. The summed E-state index contributed by atoms with van der Waals surface area (Å²) in [5.41, 5.74) is 3.70. The van der Waals surface area contributed by atoms with Gasteiger partial charge in [-0.05, 0) is 60.2 Å². The summed E-state index contributed by atoms with van der Waals surface area (Å²) in [6.45, 7) is 0. The number of methoxy groups -OCH3 is 2. The molecule has 1 heterocycles. The summed E-state index contributed by atoms with van der Waals surface area (Å²) in [7, 11) is -0.672. The molecule has 0 aliphatic rings. The smallest absolute Gasteiger partial charge is 0.268 e. The lowest BCUT2D eigenvalue weighted by atomic mass is 9.98. The molecule has 0 amide bonds. The average molecular weight is 470 g/mol. The molecule has 0 spiro atoms. The van der Waals surface area contributed by atoms with Crippen LogP contribution in [-0.4, -0.2) is 26.6 Å². The van der Waals surface area contributed by atoms with Crippen LogP contribution in [0, 0.1) is 0 Å². The number of ether oxygens (including phenoxy) is 2. The van der Waals surface area contributed by atoms with Crippen LogP contribution in [0.15, 0.2) is 108 Å². The van der Waals surface area contributed by atoms with Crippen molar-refractivity contribution in [3.8, 4) is 33.9 Å². The lowest BCUT2D eigenvalue weighted by Crippen LogP contribution is -2.14. The van der Waals surface area contributed by atoms with E-state index in [2.05, 4.69) is 0 Å². The zero-order valence-corrected chi connectivity index (χ0v) is 19.6. The number of fused-ring (bicyclic) bond motifs is 1. The lowest BCUT2D eigenvalue weighted by Gasteiger charge is -2.14. The fraction of sp³-hybridized carbons (Fsp3) is 0.0714. The van der Waals surface area contributed by atoms with Crippen LogP contribution in [0.1, 0.15) is 0 Å². The van der Waals surface area contributed by atoms with E-state index < -0.39 is 10.0 Å². The van der Waals surface area contributed by atoms with Gasteiger partial charge in [0.1, 0.15) is 11.5 Å². The average Bonchev–Trinajstić information content (AvgIpc) is 3.25. The largest absolute Gasteiger partial charge is 0.497 e. The molecule has 5 aromatic rings. The number of hydrogen-bond donors (Lipinski definition) is 0. The Labute approximate surface area is 198 Å². The van der Waals surface area contributed by atoms with Crippen molar-refractivity contribution < 1.29 is 17.9 Å². The molecule has 0 N–H and O–H groups in total. The maximum atomic E-state index is 14.0. The minimum Gasteiger partial charge on any atom is -0.497 e. The second-order valence-corrected chi connectivity index (χ2v) is 9.57. The van der Waals surface area contributed by atoms with Gasteiger partial charge in [0.05, 0.1) is 30.3 Å². The van der Waals surface area contributed by atoms with E-state index in [0.717, 1.165) is 27.8 Å². The standard InChI is InChI=1S/C28H23NO4S/c1-32-22-16-12-20(13-17-22)27-25-10-6-7-11-26(25)29(34(30,31)24-8-4-3-5-9-24)28(27)21-14-18-23(33-2)19-15-21/h3-19H,1-2H3. The van der Waals surface area contributed by atoms with Gasteiger partial charge in [0.25, 0.3) is 10.0 Å². The second-order valence-electron chi connectivity index (χ2n) is 7.78. The molecule has 0 aliphatic heterocycles. The Morgan fingerprint density at radius 2 is 1.15 bits per heavy atom. The van der Waals surface area contributed by atoms with Crippen LogP contribution in [0.5, 0.6) is 11.5 Å². The molecule has 0 fully saturated rings. The third-order valence-electron chi connectivity index (χ3n) is 5.86. The molecule has 0 bridgehead atoms. The first-order valence-corrected chi connectivity index (χ1v) is 12.2. The highest BCUT2D eigenvalue weighted by Gasteiger charge is 2.28. The molecule has 0 unspecified atom stereocenters. The van der Waals surface area contributed by atoms with Crippen LogP contribution in [0.3, 0.4) is 0 Å². The van der Waals surface area contributed by atoms with Crippen LogP contribution in [-0.2, 0) is 10.0 Å². The lowest BCUT2D eigenvalue weighted by molar-refractivity contribution is 0.414. The van der Waals surface area contributed by atoms with Crippen LogP contribution in [0.2, 0.25) is 0 Å². The van der Waals surface area contributed by atoms with Crippen molar-refractivity contribution in [1.29, 1.82) is 0 Å². The molecule has 0 radical (unpaired) electrons. The van der Waals surface area contributed by atoms with Crippen LogP contribution < -0.4 is 9.47 Å². The molecule has 1 aromatic heterocycles. The molecule has 0 saturated carbocycles. The predicted octanol–water partition coefficient (Wildman–Crippen LogP) is 6.23. The van der Waals surface area contributed by atoms with Crippen LogP contribution in [0.4, 0.5) is 0 Å². The van der Waals surface area contributed by atoms with Gasteiger partial charge in [0.15, 0.2) is 0 Å². The Hall–Kier alpha value is -4.03. The summed E-state index contributed by atoms with van der Waals surface area (Å²) >= 11 is 0. The minimum absolute atomic E-state index is 0.229. The number of rotatable bonds is 6. The van der Waals surface area contributed by atoms with E-state index in [9.17, 15) is 8.42 Å². The van der Waals surface area contributed by atoms with Crippen molar-refractivity contribution in [3.63, 3.8) is 0 Å².